The number of nitrogens with zero attached hydrogens (tertiary/aromatic N) is 3. The summed E-state index contributed by atoms with van der Waals surface area (Å²) in [7, 11) is 0. The van der Waals surface area contributed by atoms with E-state index in [1.54, 1.807) is 0 Å². The Bertz CT molecular complexity index is 2740. The van der Waals surface area contributed by atoms with Gasteiger partial charge in [0.2, 0.25) is 0 Å². The van der Waals surface area contributed by atoms with Crippen LogP contribution in [-0.4, -0.2) is 15.0 Å². The normalized spacial score (nSPS) is 13.6. The van der Waals surface area contributed by atoms with Crippen LogP contribution in [0.25, 0.3) is 67.2 Å². The summed E-state index contributed by atoms with van der Waals surface area (Å²) in [5.74, 6) is 1.87. The number of hydrogen-bond donors (Lipinski definition) is 0. The van der Waals surface area contributed by atoms with Crippen molar-refractivity contribution in [1.82, 2.24) is 15.0 Å². The van der Waals surface area contributed by atoms with Crippen molar-refractivity contribution < 1.29 is 4.42 Å². The smallest absolute Gasteiger partial charge is 0.164 e. The van der Waals surface area contributed by atoms with Crippen LogP contribution >= 0.6 is 11.8 Å². The lowest BCUT2D eigenvalue weighted by Crippen LogP contribution is -2.31. The lowest BCUT2D eigenvalue weighted by Gasteiger charge is -2.39. The molecule has 2 aliphatic rings. The first-order valence-electron chi connectivity index (χ1n) is 17.1. The number of rotatable bonds is 3. The lowest BCUT2D eigenvalue weighted by atomic mass is 9.67. The highest BCUT2D eigenvalue weighted by atomic mass is 32.2. The molecule has 51 heavy (non-hydrogen) atoms. The Kier molecular flexibility index (Phi) is 6.07. The first kappa shape index (κ1) is 28.5. The van der Waals surface area contributed by atoms with Gasteiger partial charge in [-0.2, -0.15) is 0 Å². The van der Waals surface area contributed by atoms with E-state index in [1.165, 1.54) is 43.2 Å². The molecule has 0 saturated carbocycles. The second-order valence-electron chi connectivity index (χ2n) is 13.1. The van der Waals surface area contributed by atoms with Crippen LogP contribution in [0.1, 0.15) is 22.3 Å². The van der Waals surface area contributed by atoms with E-state index >= 15 is 0 Å². The third-order valence-corrected chi connectivity index (χ3v) is 11.5. The molecule has 0 amide bonds. The molecule has 5 heteroatoms. The maximum Gasteiger partial charge on any atom is 0.164 e. The zero-order chi connectivity index (χ0) is 33.5. The molecule has 0 atom stereocenters. The molecule has 0 unspecified atom stereocenters. The molecule has 7 aromatic carbocycles. The van der Waals surface area contributed by atoms with Gasteiger partial charge in [-0.1, -0.05) is 139 Å². The summed E-state index contributed by atoms with van der Waals surface area (Å²) in [6, 6.07) is 57.8. The Morgan fingerprint density at radius 3 is 1.57 bits per heavy atom. The Hall–Kier alpha value is -6.30. The molecule has 0 fully saturated rings. The van der Waals surface area contributed by atoms with Gasteiger partial charge in [-0.25, -0.2) is 15.0 Å². The summed E-state index contributed by atoms with van der Waals surface area (Å²) in [5, 5.41) is 2.16. The van der Waals surface area contributed by atoms with Crippen LogP contribution in [0.4, 0.5) is 0 Å². The maximum atomic E-state index is 6.72. The van der Waals surface area contributed by atoms with Crippen LogP contribution in [0.15, 0.2) is 178 Å². The summed E-state index contributed by atoms with van der Waals surface area (Å²) in [6.45, 7) is 0. The van der Waals surface area contributed by atoms with Crippen LogP contribution in [0.3, 0.4) is 0 Å². The van der Waals surface area contributed by atoms with Gasteiger partial charge in [-0.3, -0.25) is 0 Å². The van der Waals surface area contributed by atoms with Gasteiger partial charge in [0.25, 0.3) is 0 Å². The lowest BCUT2D eigenvalue weighted by molar-refractivity contribution is 0.668. The molecule has 0 bridgehead atoms. The van der Waals surface area contributed by atoms with Crippen molar-refractivity contribution in [3.8, 4) is 45.3 Å². The van der Waals surface area contributed by atoms with Crippen molar-refractivity contribution in [1.29, 1.82) is 0 Å². The quantitative estimate of drug-likeness (QED) is 0.187. The van der Waals surface area contributed by atoms with Crippen molar-refractivity contribution >= 4 is 33.7 Å². The fourth-order valence-corrected chi connectivity index (χ4v) is 9.39. The summed E-state index contributed by atoms with van der Waals surface area (Å²) in [4.78, 5) is 17.4. The second kappa shape index (κ2) is 10.8. The number of furan rings is 1. The Morgan fingerprint density at radius 2 is 0.922 bits per heavy atom. The van der Waals surface area contributed by atoms with Gasteiger partial charge in [0, 0.05) is 37.3 Å². The largest absolute Gasteiger partial charge is 0.456 e. The molecule has 0 N–H and O–H groups in total. The highest BCUT2D eigenvalue weighted by Gasteiger charge is 2.50. The summed E-state index contributed by atoms with van der Waals surface area (Å²) in [6.07, 6.45) is 0. The first-order chi connectivity index (χ1) is 25.3. The predicted octanol–water partition coefficient (Wildman–Crippen LogP) is 11.6. The molecule has 0 saturated heterocycles. The average molecular weight is 670 g/mol. The van der Waals surface area contributed by atoms with E-state index in [4.69, 9.17) is 19.4 Å². The van der Waals surface area contributed by atoms with E-state index in [0.29, 0.717) is 17.5 Å². The molecule has 3 heterocycles. The Balaban J connectivity index is 1.13. The van der Waals surface area contributed by atoms with Crippen molar-refractivity contribution in [3.63, 3.8) is 0 Å². The van der Waals surface area contributed by atoms with E-state index in [0.717, 1.165) is 38.6 Å². The Morgan fingerprint density at radius 1 is 0.392 bits per heavy atom. The van der Waals surface area contributed by atoms with E-state index < -0.39 is 5.41 Å². The van der Waals surface area contributed by atoms with E-state index in [1.807, 2.05) is 72.4 Å². The Labute approximate surface area is 298 Å². The van der Waals surface area contributed by atoms with Gasteiger partial charge in [-0.15, -0.1) is 0 Å². The minimum absolute atomic E-state index is 0.436. The second-order valence-corrected chi connectivity index (χ2v) is 14.2. The molecule has 1 spiro atoms. The summed E-state index contributed by atoms with van der Waals surface area (Å²) in [5.41, 5.74) is 11.7. The van der Waals surface area contributed by atoms with Gasteiger partial charge >= 0.3 is 0 Å². The van der Waals surface area contributed by atoms with Crippen molar-refractivity contribution in [3.05, 3.63) is 186 Å². The standard InChI is InChI=1S/C46H27N3OS/c1-3-13-28(14-4-1)43-47-44(29-15-5-2-6-16-29)49-45(48-43)30-23-24-32-34-26-38-33(27-40(34)50-39(32)25-30)31-17-7-8-18-35(31)46(38)36-19-9-11-21-41(36)51-42-22-12-10-20-37(42)46/h1-27H. The minimum Gasteiger partial charge on any atom is -0.456 e. The van der Waals surface area contributed by atoms with Crippen molar-refractivity contribution in [2.75, 3.05) is 0 Å². The van der Waals surface area contributed by atoms with Gasteiger partial charge in [-0.05, 0) is 69.8 Å². The molecule has 2 aromatic heterocycles. The van der Waals surface area contributed by atoms with E-state index in [2.05, 4.69) is 103 Å². The molecule has 4 nitrogen and oxygen atoms in total. The summed E-state index contributed by atoms with van der Waals surface area (Å²) < 4.78 is 6.72. The fraction of sp³-hybridized carbons (Fsp3) is 0.0217. The van der Waals surface area contributed by atoms with E-state index in [-0.39, 0.29) is 0 Å². The highest BCUT2D eigenvalue weighted by Crippen LogP contribution is 2.62. The molecular weight excluding hydrogens is 643 g/mol. The zero-order valence-corrected chi connectivity index (χ0v) is 28.1. The zero-order valence-electron chi connectivity index (χ0n) is 27.2. The average Bonchev–Trinajstić information content (AvgIpc) is 3.70. The topological polar surface area (TPSA) is 51.8 Å². The van der Waals surface area contributed by atoms with Crippen LogP contribution in [0, 0.1) is 0 Å². The summed E-state index contributed by atoms with van der Waals surface area (Å²) >= 11 is 1.86. The van der Waals surface area contributed by atoms with Gasteiger partial charge in [0.05, 0.1) is 5.41 Å². The first-order valence-corrected chi connectivity index (χ1v) is 17.9. The molecule has 0 radical (unpaired) electrons. The highest BCUT2D eigenvalue weighted by molar-refractivity contribution is 7.99. The maximum absolute atomic E-state index is 6.72. The van der Waals surface area contributed by atoms with Gasteiger partial charge in [0.1, 0.15) is 11.2 Å². The van der Waals surface area contributed by atoms with Crippen LogP contribution < -0.4 is 0 Å². The monoisotopic (exact) mass is 669 g/mol. The predicted molar refractivity (Wildman–Crippen MR) is 205 cm³/mol. The van der Waals surface area contributed by atoms with Crippen molar-refractivity contribution in [2.45, 2.75) is 15.2 Å². The van der Waals surface area contributed by atoms with E-state index in [9.17, 15) is 0 Å². The molecular formula is C46H27N3OS. The SMILES string of the molecule is c1ccc(-c2nc(-c3ccccc3)nc(-c3ccc4c(c3)oc3cc5c(cc34)C3(c4ccccc4Sc4ccccc43)c3ccccc3-5)n2)cc1. The number of fused-ring (bicyclic) bond motifs is 12. The number of aromatic nitrogens is 3. The number of benzene rings is 7. The number of hydrogen-bond acceptors (Lipinski definition) is 5. The third kappa shape index (κ3) is 4.13. The molecule has 9 aromatic rings. The minimum atomic E-state index is -0.436. The third-order valence-electron chi connectivity index (χ3n) is 10.4. The van der Waals surface area contributed by atoms with Crippen LogP contribution in [0.2, 0.25) is 0 Å². The van der Waals surface area contributed by atoms with Gasteiger partial charge < -0.3 is 4.42 Å². The fourth-order valence-electron chi connectivity index (χ4n) is 8.20. The molecule has 11 rings (SSSR count). The van der Waals surface area contributed by atoms with Crippen LogP contribution in [-0.2, 0) is 5.41 Å². The molecule has 238 valence electrons. The molecule has 1 aliphatic carbocycles. The van der Waals surface area contributed by atoms with Crippen LogP contribution in [0.5, 0.6) is 0 Å². The van der Waals surface area contributed by atoms with Crippen molar-refractivity contribution in [2.24, 2.45) is 0 Å². The molecule has 1 aliphatic heterocycles. The van der Waals surface area contributed by atoms with Gasteiger partial charge in [0.15, 0.2) is 17.5 Å².